The molecule has 29 heavy (non-hydrogen) atoms. The highest BCUT2D eigenvalue weighted by Crippen LogP contribution is 2.27. The van der Waals surface area contributed by atoms with Crippen LogP contribution in [0, 0.1) is 0 Å². The Morgan fingerprint density at radius 3 is 2.34 bits per heavy atom. The molecule has 2 aromatic carbocycles. The molecule has 0 bridgehead atoms. The number of hydrogen-bond donors (Lipinski definition) is 2. The zero-order valence-electron chi connectivity index (χ0n) is 15.7. The third-order valence-corrected chi connectivity index (χ3v) is 5.98. The smallest absolute Gasteiger partial charge is 0.268 e. The Kier molecular flexibility index (Phi) is 5.53. The lowest BCUT2D eigenvalue weighted by atomic mass is 10.1. The van der Waals surface area contributed by atoms with Crippen molar-refractivity contribution in [3.05, 3.63) is 71.9 Å². The summed E-state index contributed by atoms with van der Waals surface area (Å²) in [6, 6.07) is 12.7. The molecule has 0 aliphatic rings. The number of amides is 2. The molecular formula is C20H19N3O5S. The molecule has 3 aromatic rings. The third-order valence-electron chi connectivity index (χ3n) is 4.29. The van der Waals surface area contributed by atoms with Crippen LogP contribution in [0.2, 0.25) is 0 Å². The fourth-order valence-corrected chi connectivity index (χ4v) is 4.20. The third kappa shape index (κ3) is 3.91. The second kappa shape index (κ2) is 7.90. The van der Waals surface area contributed by atoms with E-state index in [1.165, 1.54) is 46.9 Å². The molecule has 3 rings (SSSR count). The van der Waals surface area contributed by atoms with Gasteiger partial charge in [0, 0.05) is 31.8 Å². The number of para-hydroxylation sites is 1. The molecule has 0 saturated heterocycles. The lowest BCUT2D eigenvalue weighted by molar-refractivity contribution is -0.124. The van der Waals surface area contributed by atoms with E-state index in [0.29, 0.717) is 22.0 Å². The van der Waals surface area contributed by atoms with E-state index in [0.717, 1.165) is 10.0 Å². The first kappa shape index (κ1) is 20.3. The van der Waals surface area contributed by atoms with Gasteiger partial charge in [0.05, 0.1) is 16.0 Å². The molecule has 9 heteroatoms. The molecule has 0 saturated carbocycles. The molecule has 2 N–H and O–H groups in total. The first-order chi connectivity index (χ1) is 13.8. The summed E-state index contributed by atoms with van der Waals surface area (Å²) in [6.45, 7) is 0. The monoisotopic (exact) mass is 413 g/mol. The van der Waals surface area contributed by atoms with Crippen molar-refractivity contribution in [1.82, 2.24) is 14.4 Å². The van der Waals surface area contributed by atoms with Gasteiger partial charge in [-0.15, -0.1) is 0 Å². The summed E-state index contributed by atoms with van der Waals surface area (Å²) in [4.78, 5) is 25.0. The first-order valence-electron chi connectivity index (χ1n) is 8.55. The van der Waals surface area contributed by atoms with Gasteiger partial charge in [0.15, 0.2) is 0 Å². The largest absolute Gasteiger partial charge is 0.345 e. The van der Waals surface area contributed by atoms with Gasteiger partial charge in [-0.05, 0) is 29.8 Å². The number of rotatable bonds is 5. The first-order valence-corrected chi connectivity index (χ1v) is 9.99. The summed E-state index contributed by atoms with van der Waals surface area (Å²) < 4.78 is 27.5. The molecule has 1 aromatic heterocycles. The summed E-state index contributed by atoms with van der Waals surface area (Å²) in [5.41, 5.74) is 2.75. The fraction of sp³-hybridized carbons (Fsp3) is 0.100. The van der Waals surface area contributed by atoms with Gasteiger partial charge in [0.2, 0.25) is 0 Å². The van der Waals surface area contributed by atoms with Gasteiger partial charge in [-0.3, -0.25) is 14.8 Å². The van der Waals surface area contributed by atoms with Crippen molar-refractivity contribution >= 4 is 38.8 Å². The van der Waals surface area contributed by atoms with Crippen molar-refractivity contribution < 1.29 is 23.2 Å². The molecule has 0 aliphatic carbocycles. The topological polar surface area (TPSA) is 109 Å². The minimum absolute atomic E-state index is 0.0332. The number of hydroxylamine groups is 1. The van der Waals surface area contributed by atoms with Crippen LogP contribution in [0.5, 0.6) is 0 Å². The Balaban J connectivity index is 2.06. The molecule has 0 fully saturated rings. The van der Waals surface area contributed by atoms with E-state index in [2.05, 4.69) is 0 Å². The molecule has 0 atom stereocenters. The Labute approximate surface area is 167 Å². The van der Waals surface area contributed by atoms with Crippen molar-refractivity contribution in [2.75, 3.05) is 14.1 Å². The molecule has 1 heterocycles. The van der Waals surface area contributed by atoms with E-state index in [4.69, 9.17) is 5.21 Å². The van der Waals surface area contributed by atoms with Crippen molar-refractivity contribution in [2.24, 2.45) is 0 Å². The van der Waals surface area contributed by atoms with Crippen LogP contribution in [0.3, 0.4) is 0 Å². The number of carbonyl (C=O) groups is 2. The zero-order valence-corrected chi connectivity index (χ0v) is 16.6. The van der Waals surface area contributed by atoms with E-state index < -0.39 is 15.9 Å². The highest BCUT2D eigenvalue weighted by molar-refractivity contribution is 7.90. The highest BCUT2D eigenvalue weighted by atomic mass is 32.2. The zero-order chi connectivity index (χ0) is 21.2. The predicted octanol–water partition coefficient (Wildman–Crippen LogP) is 2.10. The van der Waals surface area contributed by atoms with Gasteiger partial charge in [0.25, 0.3) is 21.8 Å². The number of nitrogens with zero attached hydrogens (tertiary/aromatic N) is 2. The quantitative estimate of drug-likeness (QED) is 0.378. The highest BCUT2D eigenvalue weighted by Gasteiger charge is 2.24. The predicted molar refractivity (Wildman–Crippen MR) is 108 cm³/mol. The van der Waals surface area contributed by atoms with E-state index in [9.17, 15) is 18.0 Å². The number of benzene rings is 2. The number of nitrogens with one attached hydrogen (secondary N) is 1. The number of aromatic nitrogens is 1. The number of hydrogen-bond acceptors (Lipinski definition) is 5. The van der Waals surface area contributed by atoms with Crippen LogP contribution in [0.4, 0.5) is 0 Å². The Morgan fingerprint density at radius 1 is 1.07 bits per heavy atom. The maximum absolute atomic E-state index is 13.2. The summed E-state index contributed by atoms with van der Waals surface area (Å²) in [5.74, 6) is -0.989. The standard InChI is InChI=1S/C20H19N3O5S/c1-22(2)20(25)17-13-23(18-6-4-3-5-16(17)18)29(27,28)15-10-7-14(8-11-15)9-12-19(24)21-26/h3-13,26H,1-2H3,(H,21,24). The molecule has 2 amide bonds. The average Bonchev–Trinajstić information content (AvgIpc) is 3.12. The Hall–Kier alpha value is -3.43. The van der Waals surface area contributed by atoms with Crippen LogP contribution in [0.15, 0.2) is 65.7 Å². The second-order valence-electron chi connectivity index (χ2n) is 6.44. The summed E-state index contributed by atoms with van der Waals surface area (Å²) in [6.07, 6.45) is 3.88. The fourth-order valence-electron chi connectivity index (χ4n) is 2.83. The molecule has 150 valence electrons. The number of fused-ring (bicyclic) bond motifs is 1. The molecule has 0 spiro atoms. The van der Waals surface area contributed by atoms with E-state index in [1.807, 2.05) is 0 Å². The molecule has 8 nitrogen and oxygen atoms in total. The lowest BCUT2D eigenvalue weighted by Gasteiger charge is -2.09. The van der Waals surface area contributed by atoms with Crippen molar-refractivity contribution in [3.8, 4) is 0 Å². The molecule has 0 aliphatic heterocycles. The van der Waals surface area contributed by atoms with E-state index in [-0.39, 0.29) is 10.8 Å². The van der Waals surface area contributed by atoms with E-state index in [1.54, 1.807) is 38.4 Å². The van der Waals surface area contributed by atoms with Crippen LogP contribution >= 0.6 is 0 Å². The van der Waals surface area contributed by atoms with Crippen LogP contribution in [-0.2, 0) is 14.8 Å². The Morgan fingerprint density at radius 2 is 1.72 bits per heavy atom. The van der Waals surface area contributed by atoms with Gasteiger partial charge < -0.3 is 4.90 Å². The summed E-state index contributed by atoms with van der Waals surface area (Å²) in [5, 5.41) is 9.04. The van der Waals surface area contributed by atoms with Crippen LogP contribution in [0.1, 0.15) is 15.9 Å². The summed E-state index contributed by atoms with van der Waals surface area (Å²) >= 11 is 0. The Bertz CT molecular complexity index is 1210. The molecule has 0 unspecified atom stereocenters. The normalized spacial score (nSPS) is 11.7. The second-order valence-corrected chi connectivity index (χ2v) is 8.25. The average molecular weight is 413 g/mol. The van der Waals surface area contributed by atoms with Gasteiger partial charge >= 0.3 is 0 Å². The maximum Gasteiger partial charge on any atom is 0.268 e. The molecule has 0 radical (unpaired) electrons. The van der Waals surface area contributed by atoms with Gasteiger partial charge in [-0.25, -0.2) is 17.9 Å². The SMILES string of the molecule is CN(C)C(=O)c1cn(S(=O)(=O)c2ccc(C=CC(=O)NO)cc2)c2ccccc12. The van der Waals surface area contributed by atoms with Crippen LogP contribution in [0.25, 0.3) is 17.0 Å². The van der Waals surface area contributed by atoms with Gasteiger partial charge in [-0.1, -0.05) is 30.3 Å². The number of carbonyl (C=O) groups excluding carboxylic acids is 2. The molecular weight excluding hydrogens is 394 g/mol. The maximum atomic E-state index is 13.2. The van der Waals surface area contributed by atoms with Crippen molar-refractivity contribution in [1.29, 1.82) is 0 Å². The lowest BCUT2D eigenvalue weighted by Crippen LogP contribution is -2.21. The van der Waals surface area contributed by atoms with Crippen LogP contribution in [-0.4, -0.2) is 48.4 Å². The summed E-state index contributed by atoms with van der Waals surface area (Å²) in [7, 11) is -0.747. The van der Waals surface area contributed by atoms with Gasteiger partial charge in [0.1, 0.15) is 0 Å². The van der Waals surface area contributed by atoms with Crippen molar-refractivity contribution in [2.45, 2.75) is 4.90 Å². The minimum Gasteiger partial charge on any atom is -0.345 e. The minimum atomic E-state index is -3.95. The van der Waals surface area contributed by atoms with Crippen molar-refractivity contribution in [3.63, 3.8) is 0 Å². The van der Waals surface area contributed by atoms with Crippen LogP contribution < -0.4 is 5.48 Å². The van der Waals surface area contributed by atoms with Gasteiger partial charge in [-0.2, -0.15) is 0 Å². The van der Waals surface area contributed by atoms with E-state index >= 15 is 0 Å².